The van der Waals surface area contributed by atoms with Crippen LogP contribution in [0.2, 0.25) is 5.02 Å². The molecule has 0 radical (unpaired) electrons. The number of carbonyl (C=O) groups excluding carboxylic acids is 3. The number of aldehydes is 1. The van der Waals surface area contributed by atoms with Crippen molar-refractivity contribution >= 4 is 35.6 Å². The van der Waals surface area contributed by atoms with E-state index in [0.717, 1.165) is 25.7 Å². The van der Waals surface area contributed by atoms with Crippen molar-refractivity contribution in [2.45, 2.75) is 124 Å². The summed E-state index contributed by atoms with van der Waals surface area (Å²) < 4.78 is 24.5. The molecule has 2 atom stereocenters. The second kappa shape index (κ2) is 14.3. The van der Waals surface area contributed by atoms with Gasteiger partial charge in [-0.15, -0.1) is 0 Å². The number of esters is 2. The SMILES string of the molecule is CCCCCCCC(=O)OC1(C=O)c2ccc(Cl)cc2C(OC(=O)C(C)(C)CC)=C(OC(C)C)C1OC(C)C. The first-order valence-corrected chi connectivity index (χ1v) is 14.5. The lowest BCUT2D eigenvalue weighted by Gasteiger charge is -2.42. The number of unbranched alkanes of at least 4 members (excludes halogenated alkanes) is 4. The highest BCUT2D eigenvalue weighted by atomic mass is 35.5. The van der Waals surface area contributed by atoms with E-state index < -0.39 is 29.1 Å². The Bertz CT molecular complexity index is 1040. The third kappa shape index (κ3) is 8.07. The predicted molar refractivity (Wildman–Crippen MR) is 152 cm³/mol. The largest absolute Gasteiger partial charge is 0.488 e. The molecule has 218 valence electrons. The molecule has 2 unspecified atom stereocenters. The lowest BCUT2D eigenvalue weighted by molar-refractivity contribution is -0.188. The number of benzene rings is 1. The Morgan fingerprint density at radius 1 is 1.05 bits per heavy atom. The van der Waals surface area contributed by atoms with Crippen molar-refractivity contribution < 1.29 is 33.3 Å². The van der Waals surface area contributed by atoms with Crippen LogP contribution in [0.3, 0.4) is 0 Å². The number of rotatable bonds is 15. The molecule has 0 bridgehead atoms. The Labute approximate surface area is 238 Å². The van der Waals surface area contributed by atoms with Crippen LogP contribution in [0.1, 0.15) is 111 Å². The quantitative estimate of drug-likeness (QED) is 0.124. The molecule has 1 aliphatic rings. The zero-order valence-corrected chi connectivity index (χ0v) is 25.5. The normalized spacial score (nSPS) is 19.2. The smallest absolute Gasteiger partial charge is 0.317 e. The van der Waals surface area contributed by atoms with Crippen LogP contribution >= 0.6 is 11.6 Å². The summed E-state index contributed by atoms with van der Waals surface area (Å²) in [5.41, 5.74) is -2.00. The number of carbonyl (C=O) groups is 3. The maximum absolute atomic E-state index is 13.3. The molecule has 0 N–H and O–H groups in total. The monoisotopic (exact) mass is 564 g/mol. The molecule has 8 heteroatoms. The van der Waals surface area contributed by atoms with E-state index in [9.17, 15) is 14.4 Å². The number of hydrogen-bond acceptors (Lipinski definition) is 7. The minimum absolute atomic E-state index is 0.103. The second-order valence-electron chi connectivity index (χ2n) is 11.3. The third-order valence-corrected chi connectivity index (χ3v) is 7.08. The minimum Gasteiger partial charge on any atom is -0.488 e. The van der Waals surface area contributed by atoms with Gasteiger partial charge in [0.1, 0.15) is 0 Å². The van der Waals surface area contributed by atoms with E-state index in [0.29, 0.717) is 35.3 Å². The Morgan fingerprint density at radius 3 is 2.28 bits per heavy atom. The summed E-state index contributed by atoms with van der Waals surface area (Å²) >= 11 is 6.39. The van der Waals surface area contributed by atoms with Gasteiger partial charge in [0.2, 0.25) is 5.60 Å². The van der Waals surface area contributed by atoms with Crippen molar-refractivity contribution in [1.82, 2.24) is 0 Å². The van der Waals surface area contributed by atoms with Crippen molar-refractivity contribution in [3.05, 3.63) is 40.1 Å². The van der Waals surface area contributed by atoms with Gasteiger partial charge in [-0.25, -0.2) is 0 Å². The summed E-state index contributed by atoms with van der Waals surface area (Å²) in [6.07, 6.45) is 4.11. The zero-order chi connectivity index (χ0) is 29.4. The van der Waals surface area contributed by atoms with E-state index in [1.807, 2.05) is 20.8 Å². The molecule has 1 aromatic carbocycles. The molecule has 1 aliphatic carbocycles. The van der Waals surface area contributed by atoms with Gasteiger partial charge in [0.25, 0.3) is 0 Å². The van der Waals surface area contributed by atoms with E-state index in [1.165, 1.54) is 0 Å². The van der Waals surface area contributed by atoms with Crippen molar-refractivity contribution in [2.24, 2.45) is 5.41 Å². The van der Waals surface area contributed by atoms with E-state index in [-0.39, 0.29) is 30.1 Å². The van der Waals surface area contributed by atoms with Gasteiger partial charge < -0.3 is 18.9 Å². The van der Waals surface area contributed by atoms with Gasteiger partial charge in [0.15, 0.2) is 23.9 Å². The van der Waals surface area contributed by atoms with Crippen LogP contribution in [0.15, 0.2) is 24.0 Å². The minimum atomic E-state index is -1.87. The molecule has 1 aromatic rings. The molecule has 0 aliphatic heterocycles. The van der Waals surface area contributed by atoms with Gasteiger partial charge in [-0.3, -0.25) is 14.4 Å². The van der Waals surface area contributed by atoms with Gasteiger partial charge >= 0.3 is 11.9 Å². The summed E-state index contributed by atoms with van der Waals surface area (Å²) in [4.78, 5) is 39.5. The van der Waals surface area contributed by atoms with Crippen LogP contribution in [0.4, 0.5) is 0 Å². The van der Waals surface area contributed by atoms with Crippen LogP contribution in [0.5, 0.6) is 0 Å². The molecule has 0 spiro atoms. The van der Waals surface area contributed by atoms with Crippen molar-refractivity contribution in [1.29, 1.82) is 0 Å². The Hall–Kier alpha value is -2.38. The molecule has 0 fully saturated rings. The molecular weight excluding hydrogens is 520 g/mol. The fourth-order valence-corrected chi connectivity index (χ4v) is 4.46. The number of hydrogen-bond donors (Lipinski definition) is 0. The van der Waals surface area contributed by atoms with Gasteiger partial charge in [-0.1, -0.05) is 57.2 Å². The summed E-state index contributed by atoms with van der Waals surface area (Å²) in [5.74, 6) is -0.780. The fourth-order valence-electron chi connectivity index (χ4n) is 4.29. The first kappa shape index (κ1) is 32.8. The van der Waals surface area contributed by atoms with Crippen LogP contribution in [0, 0.1) is 5.41 Å². The Kier molecular flexibility index (Phi) is 12.0. The first-order valence-electron chi connectivity index (χ1n) is 14.1. The molecule has 0 saturated carbocycles. The van der Waals surface area contributed by atoms with Gasteiger partial charge in [0, 0.05) is 22.6 Å². The van der Waals surface area contributed by atoms with Crippen LogP contribution in [-0.4, -0.2) is 36.5 Å². The second-order valence-corrected chi connectivity index (χ2v) is 11.7. The maximum Gasteiger partial charge on any atom is 0.317 e. The van der Waals surface area contributed by atoms with E-state index in [1.54, 1.807) is 45.9 Å². The number of halogens is 1. The number of ether oxygens (including phenoxy) is 4. The van der Waals surface area contributed by atoms with Gasteiger partial charge in [0.05, 0.1) is 17.6 Å². The van der Waals surface area contributed by atoms with Crippen LogP contribution < -0.4 is 0 Å². The zero-order valence-electron chi connectivity index (χ0n) is 24.7. The highest BCUT2D eigenvalue weighted by Crippen LogP contribution is 2.47. The van der Waals surface area contributed by atoms with Crippen LogP contribution in [0.25, 0.3) is 5.76 Å². The number of fused-ring (bicyclic) bond motifs is 1. The first-order chi connectivity index (χ1) is 18.3. The molecule has 7 nitrogen and oxygen atoms in total. The van der Waals surface area contributed by atoms with Crippen molar-refractivity contribution in [2.75, 3.05) is 0 Å². The highest BCUT2D eigenvalue weighted by Gasteiger charge is 2.55. The molecule has 0 heterocycles. The van der Waals surface area contributed by atoms with E-state index in [2.05, 4.69) is 6.92 Å². The topological polar surface area (TPSA) is 88.1 Å². The van der Waals surface area contributed by atoms with Gasteiger partial charge in [-0.2, -0.15) is 0 Å². The molecule has 39 heavy (non-hydrogen) atoms. The fraction of sp³-hybridized carbons (Fsp3) is 0.645. The van der Waals surface area contributed by atoms with Gasteiger partial charge in [-0.05, 0) is 66.5 Å². The summed E-state index contributed by atoms with van der Waals surface area (Å²) in [5, 5.41) is 0.353. The summed E-state index contributed by atoms with van der Waals surface area (Å²) in [6, 6.07) is 4.81. The average molecular weight is 565 g/mol. The molecule has 0 aromatic heterocycles. The van der Waals surface area contributed by atoms with E-state index >= 15 is 0 Å². The lowest BCUT2D eigenvalue weighted by Crippen LogP contribution is -2.52. The predicted octanol–water partition coefficient (Wildman–Crippen LogP) is 7.52. The summed E-state index contributed by atoms with van der Waals surface area (Å²) in [7, 11) is 0. The lowest BCUT2D eigenvalue weighted by atomic mass is 9.79. The molecule has 0 saturated heterocycles. The molecule has 2 rings (SSSR count). The third-order valence-electron chi connectivity index (χ3n) is 6.84. The molecule has 0 amide bonds. The van der Waals surface area contributed by atoms with E-state index in [4.69, 9.17) is 30.5 Å². The summed E-state index contributed by atoms with van der Waals surface area (Å²) in [6.45, 7) is 14.9. The average Bonchev–Trinajstić information content (AvgIpc) is 2.87. The highest BCUT2D eigenvalue weighted by molar-refractivity contribution is 6.30. The van der Waals surface area contributed by atoms with Crippen molar-refractivity contribution in [3.63, 3.8) is 0 Å². The maximum atomic E-state index is 13.3. The van der Waals surface area contributed by atoms with Crippen molar-refractivity contribution in [3.8, 4) is 0 Å². The Morgan fingerprint density at radius 2 is 1.72 bits per heavy atom. The standard InChI is InChI=1S/C31H45ClO7/c1-9-11-12-13-14-15-25(34)39-31(19-33)24-17-16-22(32)18-23(24)26(38-29(35)30(7,8)10-2)27(36-20(3)4)28(31)37-21(5)6/h16-21,28H,9-15H2,1-8H3. The Balaban J connectivity index is 2.72. The van der Waals surface area contributed by atoms with Crippen LogP contribution in [-0.2, 0) is 38.9 Å². The molecular formula is C31H45ClO7.